The Kier molecular flexibility index (Phi) is 4.10. The molecule has 2 aromatic carbocycles. The van der Waals surface area contributed by atoms with E-state index in [1.54, 1.807) is 31.4 Å². The predicted molar refractivity (Wildman–Crippen MR) is 74.6 cm³/mol. The van der Waals surface area contributed by atoms with E-state index in [9.17, 15) is 9.90 Å². The molecule has 0 saturated heterocycles. The lowest BCUT2D eigenvalue weighted by Gasteiger charge is -2.07. The highest BCUT2D eigenvalue weighted by Crippen LogP contribution is 2.21. The number of anilines is 1. The first-order valence-electron chi connectivity index (χ1n) is 5.98. The van der Waals surface area contributed by atoms with Gasteiger partial charge in [0.1, 0.15) is 23.7 Å². The second kappa shape index (κ2) is 5.97. The average Bonchev–Trinajstić information content (AvgIpc) is 2.45. The third-order valence-corrected chi connectivity index (χ3v) is 2.77. The van der Waals surface area contributed by atoms with E-state index in [2.05, 4.69) is 0 Å². The van der Waals surface area contributed by atoms with Gasteiger partial charge in [0.25, 0.3) is 0 Å². The number of carbonyl (C=O) groups is 1. The van der Waals surface area contributed by atoms with Crippen LogP contribution in [0.3, 0.4) is 0 Å². The van der Waals surface area contributed by atoms with Gasteiger partial charge in [-0.25, -0.2) is 4.79 Å². The molecule has 0 radical (unpaired) electrons. The van der Waals surface area contributed by atoms with E-state index in [1.165, 1.54) is 18.2 Å². The molecule has 2 aromatic rings. The van der Waals surface area contributed by atoms with Gasteiger partial charge in [-0.3, -0.25) is 0 Å². The second-order valence-corrected chi connectivity index (χ2v) is 4.20. The van der Waals surface area contributed by atoms with Gasteiger partial charge in [-0.2, -0.15) is 0 Å². The van der Waals surface area contributed by atoms with E-state index >= 15 is 0 Å². The number of ether oxygens (including phenoxy) is 2. The minimum absolute atomic E-state index is 0.0905. The molecule has 0 aromatic heterocycles. The van der Waals surface area contributed by atoms with E-state index in [4.69, 9.17) is 15.2 Å². The van der Waals surface area contributed by atoms with Crippen molar-refractivity contribution in [2.75, 3.05) is 12.8 Å². The number of benzene rings is 2. The number of hydrogen-bond acceptors (Lipinski definition) is 5. The molecule has 0 aliphatic heterocycles. The number of rotatable bonds is 4. The van der Waals surface area contributed by atoms with Gasteiger partial charge in [-0.05, 0) is 29.8 Å². The molecule has 0 atom stereocenters. The van der Waals surface area contributed by atoms with Crippen LogP contribution in [0.4, 0.5) is 5.69 Å². The Morgan fingerprint density at radius 1 is 1.20 bits per heavy atom. The molecule has 0 amide bonds. The van der Waals surface area contributed by atoms with Crippen molar-refractivity contribution in [3.8, 4) is 11.5 Å². The maximum Gasteiger partial charge on any atom is 0.342 e. The molecule has 0 heterocycles. The van der Waals surface area contributed by atoms with E-state index < -0.39 is 5.97 Å². The molecule has 2 rings (SSSR count). The van der Waals surface area contributed by atoms with E-state index in [0.717, 1.165) is 11.3 Å². The lowest BCUT2D eigenvalue weighted by molar-refractivity contribution is 0.0469. The van der Waals surface area contributed by atoms with Crippen molar-refractivity contribution < 1.29 is 19.4 Å². The van der Waals surface area contributed by atoms with E-state index in [0.29, 0.717) is 5.69 Å². The van der Waals surface area contributed by atoms with Gasteiger partial charge in [0, 0.05) is 11.8 Å². The van der Waals surface area contributed by atoms with Crippen LogP contribution in [0.2, 0.25) is 0 Å². The molecule has 0 aliphatic carbocycles. The van der Waals surface area contributed by atoms with Crippen molar-refractivity contribution in [2.45, 2.75) is 6.61 Å². The largest absolute Gasteiger partial charge is 0.507 e. The summed E-state index contributed by atoms with van der Waals surface area (Å²) in [6.45, 7) is 0.118. The van der Waals surface area contributed by atoms with Crippen LogP contribution in [0, 0.1) is 0 Å². The van der Waals surface area contributed by atoms with Crippen LogP contribution >= 0.6 is 0 Å². The highest BCUT2D eigenvalue weighted by Gasteiger charge is 2.12. The third kappa shape index (κ3) is 3.20. The lowest BCUT2D eigenvalue weighted by Crippen LogP contribution is -2.05. The summed E-state index contributed by atoms with van der Waals surface area (Å²) in [7, 11) is 1.58. The Bertz CT molecular complexity index is 608. The summed E-state index contributed by atoms with van der Waals surface area (Å²) < 4.78 is 10.2. The van der Waals surface area contributed by atoms with Gasteiger partial charge in [0.05, 0.1) is 7.11 Å². The molecule has 0 fully saturated rings. The summed E-state index contributed by atoms with van der Waals surface area (Å²) in [6.07, 6.45) is 0. The van der Waals surface area contributed by atoms with Crippen LogP contribution in [-0.2, 0) is 11.3 Å². The van der Waals surface area contributed by atoms with Gasteiger partial charge >= 0.3 is 5.97 Å². The number of nitrogen functional groups attached to an aromatic ring is 1. The first kappa shape index (κ1) is 13.7. The Morgan fingerprint density at radius 2 is 1.90 bits per heavy atom. The van der Waals surface area contributed by atoms with Gasteiger partial charge in [-0.1, -0.05) is 12.1 Å². The van der Waals surface area contributed by atoms with E-state index in [-0.39, 0.29) is 17.9 Å². The fourth-order valence-corrected chi connectivity index (χ4v) is 1.67. The molecule has 0 aliphatic rings. The Morgan fingerprint density at radius 3 is 2.50 bits per heavy atom. The van der Waals surface area contributed by atoms with Gasteiger partial charge < -0.3 is 20.3 Å². The van der Waals surface area contributed by atoms with Crippen molar-refractivity contribution in [3.05, 3.63) is 53.6 Å². The first-order valence-corrected chi connectivity index (χ1v) is 5.98. The molecule has 0 saturated carbocycles. The summed E-state index contributed by atoms with van der Waals surface area (Å²) in [5.74, 6) is -0.0562. The monoisotopic (exact) mass is 273 g/mol. The SMILES string of the molecule is COc1ccc(COC(=O)c2ccc(N)cc2O)cc1. The minimum Gasteiger partial charge on any atom is -0.507 e. The van der Waals surface area contributed by atoms with Crippen LogP contribution in [0.15, 0.2) is 42.5 Å². The van der Waals surface area contributed by atoms with E-state index in [1.807, 2.05) is 0 Å². The van der Waals surface area contributed by atoms with Crippen LogP contribution in [-0.4, -0.2) is 18.2 Å². The molecule has 5 heteroatoms. The highest BCUT2D eigenvalue weighted by atomic mass is 16.5. The molecule has 0 unspecified atom stereocenters. The van der Waals surface area contributed by atoms with Crippen LogP contribution in [0.5, 0.6) is 11.5 Å². The van der Waals surface area contributed by atoms with Gasteiger partial charge in [-0.15, -0.1) is 0 Å². The predicted octanol–water partition coefficient (Wildman–Crippen LogP) is 2.34. The number of carbonyl (C=O) groups excluding carboxylic acids is 1. The van der Waals surface area contributed by atoms with Crippen molar-refractivity contribution in [1.82, 2.24) is 0 Å². The van der Waals surface area contributed by atoms with Crippen molar-refractivity contribution in [2.24, 2.45) is 0 Å². The Hall–Kier alpha value is -2.69. The Balaban J connectivity index is 2.00. The highest BCUT2D eigenvalue weighted by molar-refractivity contribution is 5.92. The quantitative estimate of drug-likeness (QED) is 0.660. The van der Waals surface area contributed by atoms with Crippen molar-refractivity contribution in [1.29, 1.82) is 0 Å². The Labute approximate surface area is 116 Å². The number of methoxy groups -OCH3 is 1. The van der Waals surface area contributed by atoms with Crippen LogP contribution < -0.4 is 10.5 Å². The van der Waals surface area contributed by atoms with Gasteiger partial charge in [0.2, 0.25) is 0 Å². The summed E-state index contributed by atoms with van der Waals surface area (Å²) in [4.78, 5) is 11.8. The molecular formula is C15H15NO4. The topological polar surface area (TPSA) is 81.8 Å². The number of phenolic OH excluding ortho intramolecular Hbond substituents is 1. The maximum absolute atomic E-state index is 11.8. The van der Waals surface area contributed by atoms with Crippen molar-refractivity contribution >= 4 is 11.7 Å². The summed E-state index contributed by atoms with van der Waals surface area (Å²) in [5, 5.41) is 9.63. The summed E-state index contributed by atoms with van der Waals surface area (Å²) >= 11 is 0. The lowest BCUT2D eigenvalue weighted by atomic mass is 10.2. The summed E-state index contributed by atoms with van der Waals surface area (Å²) in [5.41, 5.74) is 6.80. The fourth-order valence-electron chi connectivity index (χ4n) is 1.67. The third-order valence-electron chi connectivity index (χ3n) is 2.77. The number of nitrogens with two attached hydrogens (primary N) is 1. The molecule has 0 spiro atoms. The number of aromatic hydroxyl groups is 1. The molecule has 0 bridgehead atoms. The normalized spacial score (nSPS) is 10.1. The number of hydrogen-bond donors (Lipinski definition) is 2. The standard InChI is InChI=1S/C15H15NO4/c1-19-12-5-2-10(3-6-12)9-20-15(18)13-7-4-11(16)8-14(13)17/h2-8,17H,9,16H2,1H3. The fraction of sp³-hybridized carbons (Fsp3) is 0.133. The van der Waals surface area contributed by atoms with Crippen molar-refractivity contribution in [3.63, 3.8) is 0 Å². The zero-order valence-corrected chi connectivity index (χ0v) is 11.0. The van der Waals surface area contributed by atoms with Crippen LogP contribution in [0.1, 0.15) is 15.9 Å². The maximum atomic E-state index is 11.8. The molecule has 104 valence electrons. The smallest absolute Gasteiger partial charge is 0.342 e. The van der Waals surface area contributed by atoms with Crippen LogP contribution in [0.25, 0.3) is 0 Å². The molecule has 5 nitrogen and oxygen atoms in total. The zero-order chi connectivity index (χ0) is 14.5. The molecular weight excluding hydrogens is 258 g/mol. The average molecular weight is 273 g/mol. The second-order valence-electron chi connectivity index (χ2n) is 4.20. The molecule has 3 N–H and O–H groups in total. The van der Waals surface area contributed by atoms with Gasteiger partial charge in [0.15, 0.2) is 0 Å². The summed E-state index contributed by atoms with van der Waals surface area (Å²) in [6, 6.07) is 11.4. The number of esters is 1. The first-order chi connectivity index (χ1) is 9.60. The zero-order valence-electron chi connectivity index (χ0n) is 11.0. The molecule has 20 heavy (non-hydrogen) atoms. The number of phenols is 1. The minimum atomic E-state index is -0.599.